The summed E-state index contributed by atoms with van der Waals surface area (Å²) in [4.78, 5) is 23.5. The maximum atomic E-state index is 13.3. The van der Waals surface area contributed by atoms with Gasteiger partial charge in [0.05, 0.1) is 5.02 Å². The van der Waals surface area contributed by atoms with Gasteiger partial charge >= 0.3 is 5.97 Å². The lowest BCUT2D eigenvalue weighted by Gasteiger charge is -2.33. The summed E-state index contributed by atoms with van der Waals surface area (Å²) < 4.78 is 13.3. The van der Waals surface area contributed by atoms with Gasteiger partial charge in [0.15, 0.2) is 0 Å². The van der Waals surface area contributed by atoms with Crippen molar-refractivity contribution in [3.63, 3.8) is 0 Å². The molecule has 4 nitrogen and oxygen atoms in total. The lowest BCUT2D eigenvalue weighted by atomic mass is 9.92. The minimum absolute atomic E-state index is 0.0609. The number of nitrogens with one attached hydrogen (secondary N) is 1. The van der Waals surface area contributed by atoms with Crippen LogP contribution in [0.5, 0.6) is 0 Å². The first kappa shape index (κ1) is 15.1. The van der Waals surface area contributed by atoms with E-state index in [0.717, 1.165) is 6.07 Å². The molecule has 0 aliphatic carbocycles. The van der Waals surface area contributed by atoms with Gasteiger partial charge in [0, 0.05) is 5.56 Å². The number of amides is 1. The molecule has 7 heteroatoms. The Morgan fingerprint density at radius 3 is 2.55 bits per heavy atom. The maximum Gasteiger partial charge on any atom is 0.329 e. The quantitative estimate of drug-likeness (QED) is 0.899. The molecule has 1 heterocycles. The third-order valence-corrected chi connectivity index (χ3v) is 4.58. The Kier molecular flexibility index (Phi) is 4.55. The lowest BCUT2D eigenvalue weighted by molar-refractivity contribution is -0.144. The fourth-order valence-corrected chi connectivity index (χ4v) is 3.35. The van der Waals surface area contributed by atoms with E-state index in [-0.39, 0.29) is 10.6 Å². The normalized spacial score (nSPS) is 17.5. The average Bonchev–Trinajstić information content (AvgIpc) is 2.42. The number of rotatable bonds is 3. The molecule has 1 amide bonds. The molecule has 0 spiro atoms. The zero-order chi connectivity index (χ0) is 14.8. The van der Waals surface area contributed by atoms with Gasteiger partial charge < -0.3 is 10.4 Å². The smallest absolute Gasteiger partial charge is 0.329 e. The highest BCUT2D eigenvalue weighted by molar-refractivity contribution is 7.99. The van der Waals surface area contributed by atoms with Crippen LogP contribution in [-0.4, -0.2) is 34.0 Å². The highest BCUT2D eigenvalue weighted by atomic mass is 35.5. The van der Waals surface area contributed by atoms with E-state index in [2.05, 4.69) is 5.32 Å². The number of halogens is 2. The predicted octanol–water partition coefficient (Wildman–Crippen LogP) is 2.56. The van der Waals surface area contributed by atoms with Crippen LogP contribution in [0.4, 0.5) is 4.39 Å². The number of carboxylic acid groups (broad SMARTS) is 1. The molecule has 108 valence electrons. The summed E-state index contributed by atoms with van der Waals surface area (Å²) in [5.41, 5.74) is -1.20. The third-order valence-electron chi connectivity index (χ3n) is 3.29. The third kappa shape index (κ3) is 3.07. The van der Waals surface area contributed by atoms with Gasteiger partial charge in [0.1, 0.15) is 11.4 Å². The fourth-order valence-electron chi connectivity index (χ4n) is 2.04. The summed E-state index contributed by atoms with van der Waals surface area (Å²) >= 11 is 7.20. The van der Waals surface area contributed by atoms with Crippen LogP contribution < -0.4 is 5.32 Å². The molecular formula is C13H13ClFNO3S. The molecule has 1 fully saturated rings. The molecule has 20 heavy (non-hydrogen) atoms. The Labute approximate surface area is 124 Å². The Morgan fingerprint density at radius 2 is 2.00 bits per heavy atom. The van der Waals surface area contributed by atoms with E-state index in [0.29, 0.717) is 24.3 Å². The Hall–Kier alpha value is -1.27. The van der Waals surface area contributed by atoms with Crippen molar-refractivity contribution in [3.8, 4) is 0 Å². The number of carboxylic acids is 1. The van der Waals surface area contributed by atoms with Crippen molar-refractivity contribution in [1.82, 2.24) is 5.32 Å². The van der Waals surface area contributed by atoms with E-state index < -0.39 is 23.2 Å². The van der Waals surface area contributed by atoms with E-state index in [1.807, 2.05) is 0 Å². The Balaban J connectivity index is 2.20. The zero-order valence-corrected chi connectivity index (χ0v) is 12.1. The topological polar surface area (TPSA) is 66.4 Å². The fraction of sp³-hybridized carbons (Fsp3) is 0.385. The number of thioether (sulfide) groups is 1. The van der Waals surface area contributed by atoms with Gasteiger partial charge in [-0.3, -0.25) is 4.79 Å². The van der Waals surface area contributed by atoms with Gasteiger partial charge in [0.2, 0.25) is 0 Å². The number of benzene rings is 1. The zero-order valence-electron chi connectivity index (χ0n) is 10.5. The molecule has 1 saturated heterocycles. The standard InChI is InChI=1S/C13H13ClFNO3S/c14-9-2-1-8(7-10(9)15)11(17)16-13(12(18)19)3-5-20-6-4-13/h1-2,7H,3-6H2,(H,16,17)(H,18,19). The highest BCUT2D eigenvalue weighted by Crippen LogP contribution is 2.28. The second-order valence-electron chi connectivity index (χ2n) is 4.58. The SMILES string of the molecule is O=C(NC1(C(=O)O)CCSCC1)c1ccc(Cl)c(F)c1. The number of carbonyl (C=O) groups is 2. The monoisotopic (exact) mass is 317 g/mol. The maximum absolute atomic E-state index is 13.3. The minimum atomic E-state index is -1.27. The molecule has 1 aromatic carbocycles. The van der Waals surface area contributed by atoms with Crippen LogP contribution in [0.3, 0.4) is 0 Å². The molecule has 2 N–H and O–H groups in total. The summed E-state index contributed by atoms with van der Waals surface area (Å²) in [5, 5.41) is 11.8. The van der Waals surface area contributed by atoms with Crippen LogP contribution in [0.25, 0.3) is 0 Å². The van der Waals surface area contributed by atoms with Gasteiger partial charge in [-0.1, -0.05) is 11.6 Å². The largest absolute Gasteiger partial charge is 0.480 e. The lowest BCUT2D eigenvalue weighted by Crippen LogP contribution is -2.56. The van der Waals surface area contributed by atoms with Crippen molar-refractivity contribution >= 4 is 35.2 Å². The van der Waals surface area contributed by atoms with E-state index >= 15 is 0 Å². The summed E-state index contributed by atoms with van der Waals surface area (Å²) in [7, 11) is 0. The number of carbonyl (C=O) groups excluding carboxylic acids is 1. The van der Waals surface area contributed by atoms with E-state index in [9.17, 15) is 19.1 Å². The molecular weight excluding hydrogens is 305 g/mol. The van der Waals surface area contributed by atoms with E-state index in [4.69, 9.17) is 11.6 Å². The van der Waals surface area contributed by atoms with Crippen LogP contribution in [0.2, 0.25) is 5.02 Å². The molecule has 1 aliphatic rings. The molecule has 2 rings (SSSR count). The molecule has 0 aromatic heterocycles. The molecule has 0 bridgehead atoms. The average molecular weight is 318 g/mol. The number of hydrogen-bond acceptors (Lipinski definition) is 3. The van der Waals surface area contributed by atoms with Gasteiger partial charge in [-0.15, -0.1) is 0 Å². The van der Waals surface area contributed by atoms with Gasteiger partial charge in [-0.2, -0.15) is 11.8 Å². The first-order valence-corrected chi connectivity index (χ1v) is 7.56. The predicted molar refractivity (Wildman–Crippen MR) is 75.8 cm³/mol. The molecule has 1 aliphatic heterocycles. The summed E-state index contributed by atoms with van der Waals surface area (Å²) in [6, 6.07) is 3.65. The Bertz CT molecular complexity index is 546. The van der Waals surface area contributed by atoms with Gasteiger partial charge in [0.25, 0.3) is 5.91 Å². The molecule has 0 atom stereocenters. The van der Waals surface area contributed by atoms with Crippen molar-refractivity contribution in [1.29, 1.82) is 0 Å². The van der Waals surface area contributed by atoms with Gasteiger partial charge in [-0.05, 0) is 42.5 Å². The van der Waals surface area contributed by atoms with Crippen molar-refractivity contribution in [2.24, 2.45) is 0 Å². The van der Waals surface area contributed by atoms with Crippen molar-refractivity contribution in [2.45, 2.75) is 18.4 Å². The molecule has 0 unspecified atom stereocenters. The van der Waals surface area contributed by atoms with Crippen LogP contribution in [-0.2, 0) is 4.79 Å². The van der Waals surface area contributed by atoms with Crippen molar-refractivity contribution < 1.29 is 19.1 Å². The minimum Gasteiger partial charge on any atom is -0.480 e. The number of hydrogen-bond donors (Lipinski definition) is 2. The van der Waals surface area contributed by atoms with E-state index in [1.165, 1.54) is 12.1 Å². The van der Waals surface area contributed by atoms with Crippen LogP contribution in [0.15, 0.2) is 18.2 Å². The van der Waals surface area contributed by atoms with Crippen LogP contribution >= 0.6 is 23.4 Å². The number of aliphatic carboxylic acids is 1. The van der Waals surface area contributed by atoms with Crippen molar-refractivity contribution in [2.75, 3.05) is 11.5 Å². The first-order chi connectivity index (χ1) is 9.44. The second kappa shape index (κ2) is 6.01. The molecule has 0 saturated carbocycles. The molecule has 1 aromatic rings. The van der Waals surface area contributed by atoms with Crippen LogP contribution in [0.1, 0.15) is 23.2 Å². The highest BCUT2D eigenvalue weighted by Gasteiger charge is 2.41. The summed E-state index contributed by atoms with van der Waals surface area (Å²) in [6.07, 6.45) is 0.712. The van der Waals surface area contributed by atoms with Crippen LogP contribution in [0, 0.1) is 5.82 Å². The first-order valence-electron chi connectivity index (χ1n) is 6.03. The second-order valence-corrected chi connectivity index (χ2v) is 6.21. The van der Waals surface area contributed by atoms with Gasteiger partial charge in [-0.25, -0.2) is 9.18 Å². The van der Waals surface area contributed by atoms with E-state index in [1.54, 1.807) is 11.8 Å². The molecule has 0 radical (unpaired) electrons. The summed E-state index contributed by atoms with van der Waals surface area (Å²) in [5.74, 6) is -1.03. The Morgan fingerprint density at radius 1 is 1.35 bits per heavy atom. The summed E-state index contributed by atoms with van der Waals surface area (Å²) in [6.45, 7) is 0. The van der Waals surface area contributed by atoms with Crippen molar-refractivity contribution in [3.05, 3.63) is 34.6 Å².